The summed E-state index contributed by atoms with van der Waals surface area (Å²) < 4.78 is 12.6. The number of aryl methyl sites for hydroxylation is 2. The number of hydrogen-bond donors (Lipinski definition) is 2. The Morgan fingerprint density at radius 3 is 2.92 bits per heavy atom. The van der Waals surface area contributed by atoms with Crippen molar-refractivity contribution < 1.29 is 19.4 Å². The number of carboxylic acids is 1. The van der Waals surface area contributed by atoms with Crippen LogP contribution in [0.1, 0.15) is 93.3 Å². The van der Waals surface area contributed by atoms with Crippen molar-refractivity contribution in [1.82, 2.24) is 9.88 Å². The maximum Gasteiger partial charge on any atom is 0.325 e. The van der Waals surface area contributed by atoms with Crippen LogP contribution in [0, 0.1) is 0 Å². The van der Waals surface area contributed by atoms with Gasteiger partial charge in [-0.15, -0.1) is 0 Å². The molecule has 0 radical (unpaired) electrons. The van der Waals surface area contributed by atoms with Gasteiger partial charge in [0.15, 0.2) is 0 Å². The number of likely N-dealkylation sites (tertiary alicyclic amines) is 1. The third kappa shape index (κ3) is 6.56. The van der Waals surface area contributed by atoms with Gasteiger partial charge in [0.05, 0.1) is 17.8 Å². The summed E-state index contributed by atoms with van der Waals surface area (Å²) in [5.41, 5.74) is 4.15. The maximum atomic E-state index is 12.5. The molecule has 0 bridgehead atoms. The molecule has 1 aromatic heterocycles. The van der Waals surface area contributed by atoms with Gasteiger partial charge in [-0.05, 0) is 94.4 Å². The van der Waals surface area contributed by atoms with E-state index in [2.05, 4.69) is 42.3 Å². The van der Waals surface area contributed by atoms with Crippen molar-refractivity contribution in [3.8, 4) is 0 Å². The molecule has 7 heteroatoms. The maximum absolute atomic E-state index is 12.5. The average molecular weight is 522 g/mol. The molecule has 3 unspecified atom stereocenters. The molecular formula is C31H43N3O4. The van der Waals surface area contributed by atoms with Gasteiger partial charge in [-0.2, -0.15) is 0 Å². The summed E-state index contributed by atoms with van der Waals surface area (Å²) in [6.45, 7) is 7.32. The molecule has 38 heavy (non-hydrogen) atoms. The molecule has 0 aliphatic carbocycles. The van der Waals surface area contributed by atoms with Gasteiger partial charge in [-0.1, -0.05) is 30.3 Å². The van der Waals surface area contributed by atoms with E-state index >= 15 is 0 Å². The Morgan fingerprint density at radius 1 is 1.21 bits per heavy atom. The zero-order valence-corrected chi connectivity index (χ0v) is 23.0. The number of rotatable bonds is 10. The number of benzene rings is 1. The van der Waals surface area contributed by atoms with E-state index in [0.717, 1.165) is 87.1 Å². The van der Waals surface area contributed by atoms with Gasteiger partial charge in [-0.25, -0.2) is 4.98 Å². The molecule has 2 fully saturated rings. The molecule has 0 amide bonds. The van der Waals surface area contributed by atoms with Crippen LogP contribution in [-0.4, -0.2) is 58.9 Å². The molecule has 0 saturated carbocycles. The van der Waals surface area contributed by atoms with Crippen LogP contribution in [0.4, 0.5) is 5.82 Å². The van der Waals surface area contributed by atoms with Crippen LogP contribution < -0.4 is 5.32 Å². The third-order valence-corrected chi connectivity index (χ3v) is 8.25. The average Bonchev–Trinajstić information content (AvgIpc) is 3.36. The first kappa shape index (κ1) is 27.1. The summed E-state index contributed by atoms with van der Waals surface area (Å²) in [5, 5.41) is 13.7. The Bertz CT molecular complexity index is 1100. The van der Waals surface area contributed by atoms with E-state index in [1.807, 2.05) is 18.2 Å². The normalized spacial score (nSPS) is 23.9. The highest BCUT2D eigenvalue weighted by molar-refractivity contribution is 5.76. The Hall–Kier alpha value is -2.48. The summed E-state index contributed by atoms with van der Waals surface area (Å²) >= 11 is 0. The molecule has 3 atom stereocenters. The fraction of sp³-hybridized carbons (Fsp3) is 0.613. The van der Waals surface area contributed by atoms with Crippen molar-refractivity contribution in [3.05, 3.63) is 58.8 Å². The molecule has 206 valence electrons. The van der Waals surface area contributed by atoms with Crippen molar-refractivity contribution >= 4 is 11.8 Å². The number of aliphatic carboxylic acids is 1. The molecule has 2 N–H and O–H groups in total. The van der Waals surface area contributed by atoms with Gasteiger partial charge in [0.1, 0.15) is 11.9 Å². The van der Waals surface area contributed by atoms with E-state index in [-0.39, 0.29) is 17.8 Å². The first-order valence-corrected chi connectivity index (χ1v) is 14.5. The second-order valence-corrected chi connectivity index (χ2v) is 11.7. The lowest BCUT2D eigenvalue weighted by Gasteiger charge is -2.38. The summed E-state index contributed by atoms with van der Waals surface area (Å²) in [4.78, 5) is 19.4. The minimum Gasteiger partial charge on any atom is -0.480 e. The molecule has 5 rings (SSSR count). The zero-order chi connectivity index (χ0) is 26.5. The van der Waals surface area contributed by atoms with Crippen LogP contribution in [0.2, 0.25) is 0 Å². The Labute approximate surface area is 226 Å². The summed E-state index contributed by atoms with van der Waals surface area (Å²) in [6.07, 6.45) is 9.16. The number of unbranched alkanes of at least 4 members (excludes halogenated alkanes) is 1. The number of hydrogen-bond acceptors (Lipinski definition) is 6. The van der Waals surface area contributed by atoms with Crippen LogP contribution in [0.25, 0.3) is 0 Å². The van der Waals surface area contributed by atoms with Crippen molar-refractivity contribution in [3.63, 3.8) is 0 Å². The number of nitrogens with one attached hydrogen (secondary N) is 1. The highest BCUT2D eigenvalue weighted by Crippen LogP contribution is 2.40. The van der Waals surface area contributed by atoms with Gasteiger partial charge < -0.3 is 19.9 Å². The second-order valence-electron chi connectivity index (χ2n) is 11.7. The smallest absolute Gasteiger partial charge is 0.325 e. The molecule has 3 aliphatic rings. The first-order valence-electron chi connectivity index (χ1n) is 14.5. The highest BCUT2D eigenvalue weighted by Gasteiger charge is 2.37. The summed E-state index contributed by atoms with van der Waals surface area (Å²) in [7, 11) is 0. The van der Waals surface area contributed by atoms with Crippen LogP contribution in [-0.2, 0) is 27.1 Å². The molecule has 4 heterocycles. The van der Waals surface area contributed by atoms with Crippen LogP contribution in [0.3, 0.4) is 0 Å². The van der Waals surface area contributed by atoms with Gasteiger partial charge in [-0.3, -0.25) is 9.69 Å². The van der Waals surface area contributed by atoms with E-state index in [4.69, 9.17) is 14.5 Å². The Morgan fingerprint density at radius 2 is 2.08 bits per heavy atom. The van der Waals surface area contributed by atoms with E-state index in [9.17, 15) is 9.90 Å². The van der Waals surface area contributed by atoms with Gasteiger partial charge in [0.25, 0.3) is 0 Å². The zero-order valence-electron chi connectivity index (χ0n) is 23.0. The predicted octanol–water partition coefficient (Wildman–Crippen LogP) is 5.70. The molecule has 0 spiro atoms. The monoisotopic (exact) mass is 521 g/mol. The number of nitrogens with zero attached hydrogens (tertiary/aromatic N) is 2. The van der Waals surface area contributed by atoms with Crippen LogP contribution in [0.15, 0.2) is 36.4 Å². The number of carbonyl (C=O) groups is 1. The number of pyridine rings is 1. The van der Waals surface area contributed by atoms with E-state index < -0.39 is 12.0 Å². The lowest BCUT2D eigenvalue weighted by Crippen LogP contribution is -2.36. The standard InChI is InChI=1S/C31H43N3O4/c1-31(2)17-7-13-27(38-31)25-11-3-4-12-26(25)28(30(35)36)34-19-16-24(21-34)37-20-6-5-10-23-15-14-22-9-8-18-32-29(22)33-23/h3-4,11-12,14-15,24,27-28H,5-10,13,16-21H2,1-2H3,(H,32,33)(H,35,36). The van der Waals surface area contributed by atoms with Gasteiger partial charge in [0.2, 0.25) is 0 Å². The summed E-state index contributed by atoms with van der Waals surface area (Å²) in [6, 6.07) is 11.6. The number of anilines is 1. The molecule has 2 aromatic rings. The number of aromatic nitrogens is 1. The third-order valence-electron chi connectivity index (χ3n) is 8.25. The Kier molecular flexibility index (Phi) is 8.66. The van der Waals surface area contributed by atoms with Gasteiger partial charge >= 0.3 is 5.97 Å². The fourth-order valence-electron chi connectivity index (χ4n) is 6.26. The van der Waals surface area contributed by atoms with Crippen molar-refractivity contribution in [2.75, 3.05) is 31.6 Å². The second kappa shape index (κ2) is 12.1. The molecular weight excluding hydrogens is 478 g/mol. The fourth-order valence-corrected chi connectivity index (χ4v) is 6.26. The first-order chi connectivity index (χ1) is 18.4. The lowest BCUT2D eigenvalue weighted by molar-refractivity contribution is -0.143. The van der Waals surface area contributed by atoms with E-state index in [1.54, 1.807) is 0 Å². The SMILES string of the molecule is CC1(C)CCCC(c2ccccc2C(C(=O)O)N2CCC(OCCCCc3ccc4c(n3)NCCC4)C2)O1. The highest BCUT2D eigenvalue weighted by atomic mass is 16.5. The van der Waals surface area contributed by atoms with Crippen LogP contribution in [0.5, 0.6) is 0 Å². The van der Waals surface area contributed by atoms with E-state index in [1.165, 1.54) is 12.0 Å². The van der Waals surface area contributed by atoms with Crippen molar-refractivity contribution in [1.29, 1.82) is 0 Å². The molecule has 7 nitrogen and oxygen atoms in total. The molecule has 2 saturated heterocycles. The van der Waals surface area contributed by atoms with E-state index in [0.29, 0.717) is 13.2 Å². The quantitative estimate of drug-likeness (QED) is 0.388. The van der Waals surface area contributed by atoms with Gasteiger partial charge in [0, 0.05) is 31.9 Å². The number of fused-ring (bicyclic) bond motifs is 1. The Balaban J connectivity index is 1.13. The minimum absolute atomic E-state index is 0.0631. The van der Waals surface area contributed by atoms with Crippen LogP contribution >= 0.6 is 0 Å². The molecule has 3 aliphatic heterocycles. The largest absolute Gasteiger partial charge is 0.480 e. The topological polar surface area (TPSA) is 83.9 Å². The summed E-state index contributed by atoms with van der Waals surface area (Å²) in [5.74, 6) is 0.254. The predicted molar refractivity (Wildman–Crippen MR) is 148 cm³/mol. The number of ether oxygens (including phenoxy) is 2. The number of carboxylic acid groups (broad SMARTS) is 1. The molecule has 1 aromatic carbocycles. The van der Waals surface area contributed by atoms with Crippen molar-refractivity contribution in [2.24, 2.45) is 0 Å². The minimum atomic E-state index is -0.805. The van der Waals surface area contributed by atoms with Crippen molar-refractivity contribution in [2.45, 2.75) is 95.5 Å². The lowest BCUT2D eigenvalue weighted by atomic mass is 9.88.